The SMILES string of the molecule is COCCNC(N)=NCC1CCOc2ccccc21. The van der Waals surface area contributed by atoms with Crippen molar-refractivity contribution in [2.24, 2.45) is 10.7 Å². The van der Waals surface area contributed by atoms with Crippen LogP contribution in [-0.2, 0) is 4.74 Å². The number of nitrogens with zero attached hydrogens (tertiary/aromatic N) is 1. The van der Waals surface area contributed by atoms with E-state index in [1.165, 1.54) is 5.56 Å². The number of aliphatic imine (C=N–C) groups is 1. The molecule has 0 bridgehead atoms. The molecule has 1 atom stereocenters. The molecule has 0 saturated carbocycles. The predicted molar refractivity (Wildman–Crippen MR) is 75.7 cm³/mol. The molecule has 104 valence electrons. The monoisotopic (exact) mass is 263 g/mol. The predicted octanol–water partition coefficient (Wildman–Crippen LogP) is 1.10. The minimum Gasteiger partial charge on any atom is -0.493 e. The zero-order chi connectivity index (χ0) is 13.5. The maximum Gasteiger partial charge on any atom is 0.188 e. The number of para-hydroxylation sites is 1. The third-order valence-corrected chi connectivity index (χ3v) is 3.18. The smallest absolute Gasteiger partial charge is 0.188 e. The van der Waals surface area contributed by atoms with Gasteiger partial charge in [-0.2, -0.15) is 0 Å². The third kappa shape index (κ3) is 3.86. The van der Waals surface area contributed by atoms with Crippen molar-refractivity contribution in [3.05, 3.63) is 29.8 Å². The summed E-state index contributed by atoms with van der Waals surface area (Å²) in [5.74, 6) is 1.83. The topological polar surface area (TPSA) is 68.9 Å². The number of methoxy groups -OCH3 is 1. The number of nitrogens with one attached hydrogen (secondary N) is 1. The lowest BCUT2D eigenvalue weighted by molar-refractivity contribution is 0.204. The van der Waals surface area contributed by atoms with Crippen LogP contribution >= 0.6 is 0 Å². The Balaban J connectivity index is 1.91. The minimum absolute atomic E-state index is 0.382. The van der Waals surface area contributed by atoms with Crippen LogP contribution in [0, 0.1) is 0 Å². The van der Waals surface area contributed by atoms with Gasteiger partial charge in [0, 0.05) is 26.1 Å². The van der Waals surface area contributed by atoms with Crippen molar-refractivity contribution < 1.29 is 9.47 Å². The molecule has 0 aliphatic carbocycles. The number of guanidine groups is 1. The number of benzene rings is 1. The lowest BCUT2D eigenvalue weighted by Gasteiger charge is -2.24. The lowest BCUT2D eigenvalue weighted by atomic mass is 9.93. The van der Waals surface area contributed by atoms with Gasteiger partial charge in [0.2, 0.25) is 0 Å². The van der Waals surface area contributed by atoms with E-state index in [2.05, 4.69) is 16.4 Å². The quantitative estimate of drug-likeness (QED) is 0.474. The first-order valence-electron chi connectivity index (χ1n) is 6.55. The van der Waals surface area contributed by atoms with Crippen molar-refractivity contribution in [3.63, 3.8) is 0 Å². The van der Waals surface area contributed by atoms with Crippen molar-refractivity contribution in [1.29, 1.82) is 0 Å². The summed E-state index contributed by atoms with van der Waals surface area (Å²) in [4.78, 5) is 4.39. The maximum absolute atomic E-state index is 5.80. The highest BCUT2D eigenvalue weighted by Crippen LogP contribution is 2.33. The second-order valence-corrected chi connectivity index (χ2v) is 4.52. The molecule has 1 aliphatic rings. The van der Waals surface area contributed by atoms with Gasteiger partial charge in [0.25, 0.3) is 0 Å². The molecule has 5 heteroatoms. The molecule has 1 aliphatic heterocycles. The van der Waals surface area contributed by atoms with Crippen LogP contribution in [0.25, 0.3) is 0 Å². The number of rotatable bonds is 5. The summed E-state index contributed by atoms with van der Waals surface area (Å²) >= 11 is 0. The minimum atomic E-state index is 0.382. The summed E-state index contributed by atoms with van der Waals surface area (Å²) in [5, 5.41) is 3.02. The van der Waals surface area contributed by atoms with E-state index in [0.717, 1.165) is 18.8 Å². The molecule has 1 aromatic rings. The summed E-state index contributed by atoms with van der Waals surface area (Å²) in [6.45, 7) is 2.73. The van der Waals surface area contributed by atoms with Gasteiger partial charge in [0.1, 0.15) is 5.75 Å². The van der Waals surface area contributed by atoms with Crippen LogP contribution in [0.4, 0.5) is 0 Å². The van der Waals surface area contributed by atoms with Crippen LogP contribution in [0.1, 0.15) is 17.9 Å². The molecular weight excluding hydrogens is 242 g/mol. The zero-order valence-electron chi connectivity index (χ0n) is 11.3. The molecule has 0 fully saturated rings. The molecule has 1 unspecified atom stereocenters. The molecule has 2 rings (SSSR count). The molecule has 0 amide bonds. The van der Waals surface area contributed by atoms with Crippen LogP contribution in [0.3, 0.4) is 0 Å². The Kier molecular flexibility index (Phi) is 5.03. The molecule has 19 heavy (non-hydrogen) atoms. The first kappa shape index (κ1) is 13.7. The number of fused-ring (bicyclic) bond motifs is 1. The molecule has 0 spiro atoms. The summed E-state index contributed by atoms with van der Waals surface area (Å²) in [6, 6.07) is 8.13. The fourth-order valence-electron chi connectivity index (χ4n) is 2.15. The summed E-state index contributed by atoms with van der Waals surface area (Å²) in [7, 11) is 1.66. The Morgan fingerprint density at radius 2 is 2.37 bits per heavy atom. The van der Waals surface area contributed by atoms with Gasteiger partial charge in [-0.25, -0.2) is 0 Å². The van der Waals surface area contributed by atoms with E-state index in [1.54, 1.807) is 7.11 Å². The van der Waals surface area contributed by atoms with Crippen molar-refractivity contribution in [3.8, 4) is 5.75 Å². The highest BCUT2D eigenvalue weighted by atomic mass is 16.5. The van der Waals surface area contributed by atoms with E-state index < -0.39 is 0 Å². The average Bonchev–Trinajstić information content (AvgIpc) is 2.45. The van der Waals surface area contributed by atoms with E-state index in [-0.39, 0.29) is 0 Å². The lowest BCUT2D eigenvalue weighted by Crippen LogP contribution is -2.34. The van der Waals surface area contributed by atoms with E-state index in [9.17, 15) is 0 Å². The highest BCUT2D eigenvalue weighted by molar-refractivity contribution is 5.77. The second-order valence-electron chi connectivity index (χ2n) is 4.52. The van der Waals surface area contributed by atoms with Gasteiger partial charge in [0.05, 0.1) is 13.2 Å². The standard InChI is InChI=1S/C14H21N3O2/c1-18-9-7-16-14(15)17-10-11-6-8-19-13-5-3-2-4-12(11)13/h2-5,11H,6-10H2,1H3,(H3,15,16,17). The Morgan fingerprint density at radius 1 is 1.53 bits per heavy atom. The van der Waals surface area contributed by atoms with E-state index in [4.69, 9.17) is 15.2 Å². The van der Waals surface area contributed by atoms with Gasteiger partial charge >= 0.3 is 0 Å². The van der Waals surface area contributed by atoms with Crippen molar-refractivity contribution in [2.45, 2.75) is 12.3 Å². The second kappa shape index (κ2) is 6.99. The van der Waals surface area contributed by atoms with Gasteiger partial charge in [-0.3, -0.25) is 4.99 Å². The third-order valence-electron chi connectivity index (χ3n) is 3.18. The molecular formula is C14H21N3O2. The van der Waals surface area contributed by atoms with Crippen molar-refractivity contribution in [1.82, 2.24) is 5.32 Å². The Labute approximate surface area is 113 Å². The summed E-state index contributed by atoms with van der Waals surface area (Å²) in [5.41, 5.74) is 7.03. The maximum atomic E-state index is 5.80. The fourth-order valence-corrected chi connectivity index (χ4v) is 2.15. The van der Waals surface area contributed by atoms with Crippen LogP contribution < -0.4 is 15.8 Å². The number of nitrogens with two attached hydrogens (primary N) is 1. The van der Waals surface area contributed by atoms with Crippen molar-refractivity contribution >= 4 is 5.96 Å². The Bertz CT molecular complexity index is 434. The molecule has 1 aromatic carbocycles. The van der Waals surface area contributed by atoms with Gasteiger partial charge in [-0.1, -0.05) is 18.2 Å². The van der Waals surface area contributed by atoms with Crippen LogP contribution in [0.15, 0.2) is 29.3 Å². The molecule has 1 heterocycles. The molecule has 0 radical (unpaired) electrons. The van der Waals surface area contributed by atoms with Crippen LogP contribution in [-0.4, -0.2) is 39.4 Å². The molecule has 5 nitrogen and oxygen atoms in total. The largest absolute Gasteiger partial charge is 0.493 e. The van der Waals surface area contributed by atoms with E-state index >= 15 is 0 Å². The number of hydrogen-bond donors (Lipinski definition) is 2. The number of hydrogen-bond acceptors (Lipinski definition) is 3. The Morgan fingerprint density at radius 3 is 3.21 bits per heavy atom. The van der Waals surface area contributed by atoms with E-state index in [0.29, 0.717) is 31.6 Å². The Hall–Kier alpha value is -1.75. The van der Waals surface area contributed by atoms with Gasteiger partial charge < -0.3 is 20.5 Å². The summed E-state index contributed by atoms with van der Waals surface area (Å²) in [6.07, 6.45) is 0.978. The first-order chi connectivity index (χ1) is 9.31. The molecule has 0 saturated heterocycles. The van der Waals surface area contributed by atoms with Gasteiger partial charge in [-0.15, -0.1) is 0 Å². The van der Waals surface area contributed by atoms with Gasteiger partial charge in [0.15, 0.2) is 5.96 Å². The normalized spacial score (nSPS) is 18.6. The van der Waals surface area contributed by atoms with Crippen LogP contribution in [0.5, 0.6) is 5.75 Å². The van der Waals surface area contributed by atoms with Crippen molar-refractivity contribution in [2.75, 3.05) is 33.4 Å². The van der Waals surface area contributed by atoms with E-state index in [1.807, 2.05) is 18.2 Å². The summed E-state index contributed by atoms with van der Waals surface area (Å²) < 4.78 is 10.6. The highest BCUT2D eigenvalue weighted by Gasteiger charge is 2.20. The average molecular weight is 263 g/mol. The van der Waals surface area contributed by atoms with Crippen LogP contribution in [0.2, 0.25) is 0 Å². The van der Waals surface area contributed by atoms with Gasteiger partial charge in [-0.05, 0) is 18.1 Å². The zero-order valence-corrected chi connectivity index (χ0v) is 11.3. The molecule has 0 aromatic heterocycles. The number of ether oxygens (including phenoxy) is 2. The fraction of sp³-hybridized carbons (Fsp3) is 0.500. The molecule has 3 N–H and O–H groups in total. The first-order valence-corrected chi connectivity index (χ1v) is 6.55.